The molecule has 1 aliphatic heterocycles. The fourth-order valence-electron chi connectivity index (χ4n) is 4.59. The summed E-state index contributed by atoms with van der Waals surface area (Å²) in [6, 6.07) is 9.96. The number of piperidine rings is 1. The maximum atomic E-state index is 13.6. The number of anilines is 1. The summed E-state index contributed by atoms with van der Waals surface area (Å²) in [6.07, 6.45) is 6.07. The first-order valence-corrected chi connectivity index (χ1v) is 10.4. The summed E-state index contributed by atoms with van der Waals surface area (Å²) in [4.78, 5) is 25.7. The zero-order chi connectivity index (χ0) is 20.9. The van der Waals surface area contributed by atoms with Crippen LogP contribution in [0.2, 0.25) is 0 Å². The third-order valence-electron chi connectivity index (χ3n) is 6.21. The molecule has 1 aliphatic carbocycles. The van der Waals surface area contributed by atoms with Crippen LogP contribution in [0.1, 0.15) is 22.3 Å². The summed E-state index contributed by atoms with van der Waals surface area (Å²) in [6.45, 7) is 3.34. The maximum Gasteiger partial charge on any atom is 0.297 e. The van der Waals surface area contributed by atoms with E-state index in [1.807, 2.05) is 42.2 Å². The lowest BCUT2D eigenvalue weighted by Crippen LogP contribution is -2.42. The number of carbonyl (C=O) groups excluding carboxylic acids is 1. The standard InChI is InChI=1S/C22H21N7O2/c1-13-4-5-17(29-25-7-8-26-29)16(9-13)21(30)28-12-14-10-15(14)18(28)11-24-22-27-20-19(31-22)3-2-6-23-20/h2-9,14-15,18H,10-12H2,1H3,(H,23,24,27). The topological polar surface area (TPSA) is 102 Å². The van der Waals surface area contributed by atoms with E-state index in [-0.39, 0.29) is 11.9 Å². The van der Waals surface area contributed by atoms with Gasteiger partial charge < -0.3 is 14.6 Å². The van der Waals surface area contributed by atoms with Gasteiger partial charge in [-0.05, 0) is 49.4 Å². The molecule has 3 aromatic heterocycles. The molecule has 1 amide bonds. The van der Waals surface area contributed by atoms with Gasteiger partial charge in [0.2, 0.25) is 5.65 Å². The van der Waals surface area contributed by atoms with Gasteiger partial charge in [0.05, 0.1) is 29.7 Å². The van der Waals surface area contributed by atoms with Crippen LogP contribution in [-0.2, 0) is 0 Å². The molecule has 9 nitrogen and oxygen atoms in total. The molecule has 0 bridgehead atoms. The molecule has 1 saturated carbocycles. The number of amides is 1. The number of aromatic nitrogens is 5. The van der Waals surface area contributed by atoms with Gasteiger partial charge in [-0.3, -0.25) is 4.79 Å². The summed E-state index contributed by atoms with van der Waals surface area (Å²) in [5.41, 5.74) is 3.55. The largest absolute Gasteiger partial charge is 0.422 e. The third-order valence-corrected chi connectivity index (χ3v) is 6.21. The highest BCUT2D eigenvalue weighted by molar-refractivity contribution is 5.98. The van der Waals surface area contributed by atoms with Crippen molar-refractivity contribution in [2.24, 2.45) is 11.8 Å². The summed E-state index contributed by atoms with van der Waals surface area (Å²) in [5.74, 6) is 1.08. The highest BCUT2D eigenvalue weighted by atomic mass is 16.4. The zero-order valence-corrected chi connectivity index (χ0v) is 17.0. The summed E-state index contributed by atoms with van der Waals surface area (Å²) < 4.78 is 5.73. The lowest BCUT2D eigenvalue weighted by Gasteiger charge is -2.28. The number of aryl methyl sites for hydroxylation is 1. The molecule has 3 unspecified atom stereocenters. The van der Waals surface area contributed by atoms with E-state index < -0.39 is 0 Å². The number of hydrogen-bond acceptors (Lipinski definition) is 7. The van der Waals surface area contributed by atoms with E-state index in [9.17, 15) is 4.79 Å². The van der Waals surface area contributed by atoms with Crippen LogP contribution in [-0.4, -0.2) is 54.9 Å². The van der Waals surface area contributed by atoms with Crippen LogP contribution in [0.3, 0.4) is 0 Å². The van der Waals surface area contributed by atoms with Gasteiger partial charge in [0.1, 0.15) is 0 Å². The van der Waals surface area contributed by atoms with Crippen molar-refractivity contribution in [1.82, 2.24) is 29.9 Å². The molecule has 1 N–H and O–H groups in total. The Bertz CT molecular complexity index is 1230. The molecule has 1 saturated heterocycles. The highest BCUT2D eigenvalue weighted by Crippen LogP contribution is 2.50. The van der Waals surface area contributed by atoms with Crippen molar-refractivity contribution in [3.8, 4) is 5.69 Å². The first-order chi connectivity index (χ1) is 15.2. The predicted molar refractivity (Wildman–Crippen MR) is 113 cm³/mol. The van der Waals surface area contributed by atoms with E-state index in [0.29, 0.717) is 46.9 Å². The second-order valence-corrected chi connectivity index (χ2v) is 8.25. The van der Waals surface area contributed by atoms with E-state index in [4.69, 9.17) is 4.42 Å². The normalized spacial score (nSPS) is 22.0. The molecule has 156 valence electrons. The Kier molecular flexibility index (Phi) is 4.02. The zero-order valence-electron chi connectivity index (χ0n) is 17.0. The Morgan fingerprint density at radius 1 is 1.23 bits per heavy atom. The fraction of sp³-hybridized carbons (Fsp3) is 0.318. The molecular formula is C22H21N7O2. The van der Waals surface area contributed by atoms with Crippen LogP contribution < -0.4 is 5.32 Å². The van der Waals surface area contributed by atoms with E-state index in [1.54, 1.807) is 18.6 Å². The Hall–Kier alpha value is -3.75. The van der Waals surface area contributed by atoms with E-state index in [2.05, 4.69) is 25.5 Å². The molecule has 2 fully saturated rings. The van der Waals surface area contributed by atoms with Crippen molar-refractivity contribution >= 4 is 23.2 Å². The molecule has 2 aliphatic rings. The molecule has 31 heavy (non-hydrogen) atoms. The molecule has 0 spiro atoms. The maximum absolute atomic E-state index is 13.6. The quantitative estimate of drug-likeness (QED) is 0.535. The van der Waals surface area contributed by atoms with Crippen molar-refractivity contribution in [3.05, 3.63) is 60.0 Å². The first kappa shape index (κ1) is 18.1. The van der Waals surface area contributed by atoms with Crippen LogP contribution >= 0.6 is 0 Å². The van der Waals surface area contributed by atoms with Gasteiger partial charge in [0.25, 0.3) is 11.9 Å². The number of benzene rings is 1. The number of hydrogen-bond donors (Lipinski definition) is 1. The van der Waals surface area contributed by atoms with Crippen molar-refractivity contribution < 1.29 is 9.21 Å². The molecule has 3 atom stereocenters. The van der Waals surface area contributed by atoms with Crippen LogP contribution in [0.15, 0.2) is 53.3 Å². The van der Waals surface area contributed by atoms with Crippen LogP contribution in [0, 0.1) is 18.8 Å². The minimum Gasteiger partial charge on any atom is -0.422 e. The van der Waals surface area contributed by atoms with Gasteiger partial charge in [-0.25, -0.2) is 4.98 Å². The van der Waals surface area contributed by atoms with Gasteiger partial charge >= 0.3 is 0 Å². The van der Waals surface area contributed by atoms with E-state index in [1.165, 1.54) is 4.80 Å². The Balaban J connectivity index is 1.26. The number of pyridine rings is 1. The number of nitrogens with one attached hydrogen (secondary N) is 1. The van der Waals surface area contributed by atoms with Crippen molar-refractivity contribution in [1.29, 1.82) is 0 Å². The van der Waals surface area contributed by atoms with Crippen LogP contribution in [0.4, 0.5) is 6.01 Å². The van der Waals surface area contributed by atoms with Gasteiger partial charge in [-0.2, -0.15) is 20.0 Å². The fourth-order valence-corrected chi connectivity index (χ4v) is 4.59. The van der Waals surface area contributed by atoms with E-state index in [0.717, 1.165) is 18.5 Å². The molecule has 1 aromatic carbocycles. The van der Waals surface area contributed by atoms with Gasteiger partial charge in [-0.15, -0.1) is 0 Å². The minimum absolute atomic E-state index is 0.00855. The molecule has 6 rings (SSSR count). The Morgan fingerprint density at radius 3 is 2.94 bits per heavy atom. The van der Waals surface area contributed by atoms with Gasteiger partial charge in [-0.1, -0.05) is 11.6 Å². The number of oxazole rings is 1. The number of fused-ring (bicyclic) bond motifs is 2. The molecule has 0 radical (unpaired) electrons. The first-order valence-electron chi connectivity index (χ1n) is 10.4. The lowest BCUT2D eigenvalue weighted by atomic mass is 10.1. The van der Waals surface area contributed by atoms with Crippen molar-refractivity contribution in [2.75, 3.05) is 18.4 Å². The third kappa shape index (κ3) is 3.13. The average molecular weight is 415 g/mol. The average Bonchev–Trinajstić information content (AvgIpc) is 3.17. The smallest absolute Gasteiger partial charge is 0.297 e. The minimum atomic E-state index is 0.00855. The van der Waals surface area contributed by atoms with E-state index >= 15 is 0 Å². The Labute approximate surface area is 178 Å². The van der Waals surface area contributed by atoms with Crippen LogP contribution in [0.25, 0.3) is 16.9 Å². The second kappa shape index (κ2) is 6.90. The molecular weight excluding hydrogens is 394 g/mol. The number of likely N-dealkylation sites (tertiary alicyclic amines) is 1. The van der Waals surface area contributed by atoms with Gasteiger partial charge in [0.15, 0.2) is 5.58 Å². The molecule has 9 heteroatoms. The molecule has 4 heterocycles. The van der Waals surface area contributed by atoms with Gasteiger partial charge in [0, 0.05) is 19.3 Å². The van der Waals surface area contributed by atoms with Crippen molar-refractivity contribution in [3.63, 3.8) is 0 Å². The summed E-state index contributed by atoms with van der Waals surface area (Å²) >= 11 is 0. The summed E-state index contributed by atoms with van der Waals surface area (Å²) in [5, 5.41) is 11.7. The summed E-state index contributed by atoms with van der Waals surface area (Å²) in [7, 11) is 0. The lowest BCUT2D eigenvalue weighted by molar-refractivity contribution is 0.0714. The number of carbonyl (C=O) groups is 1. The highest BCUT2D eigenvalue weighted by Gasteiger charge is 2.54. The van der Waals surface area contributed by atoms with Crippen molar-refractivity contribution in [2.45, 2.75) is 19.4 Å². The van der Waals surface area contributed by atoms with Crippen LogP contribution in [0.5, 0.6) is 0 Å². The molecule has 4 aromatic rings. The number of rotatable bonds is 5. The monoisotopic (exact) mass is 415 g/mol. The Morgan fingerprint density at radius 2 is 2.10 bits per heavy atom. The SMILES string of the molecule is Cc1ccc(-n2nccn2)c(C(=O)N2CC3CC3C2CNc2nc3ncccc3o2)c1. The number of nitrogens with zero attached hydrogens (tertiary/aromatic N) is 6. The predicted octanol–water partition coefficient (Wildman–Crippen LogP) is 2.68. The second-order valence-electron chi connectivity index (χ2n) is 8.25.